The van der Waals surface area contributed by atoms with E-state index in [1.54, 1.807) is 11.8 Å². The Balaban J connectivity index is 2.14. The minimum atomic E-state index is -0.589. The first-order valence-electron chi connectivity index (χ1n) is 4.57. The summed E-state index contributed by atoms with van der Waals surface area (Å²) in [7, 11) is 0. The van der Waals surface area contributed by atoms with E-state index in [1.165, 1.54) is 12.1 Å². The molecular formula is C10H10F2N2S. The number of rotatable bonds is 1. The third-order valence-corrected chi connectivity index (χ3v) is 3.04. The molecule has 80 valence electrons. The highest BCUT2D eigenvalue weighted by Gasteiger charge is 2.14. The Labute approximate surface area is 90.8 Å². The molecule has 0 amide bonds. The van der Waals surface area contributed by atoms with Crippen LogP contribution in [-0.4, -0.2) is 17.0 Å². The van der Waals surface area contributed by atoms with Gasteiger partial charge in [-0.3, -0.25) is 4.99 Å². The fourth-order valence-electron chi connectivity index (χ4n) is 1.29. The van der Waals surface area contributed by atoms with Gasteiger partial charge in [0, 0.05) is 17.5 Å². The molecule has 0 aromatic heterocycles. The van der Waals surface area contributed by atoms with E-state index in [4.69, 9.17) is 0 Å². The van der Waals surface area contributed by atoms with Crippen LogP contribution in [0.2, 0.25) is 0 Å². The molecule has 0 aliphatic carbocycles. The average molecular weight is 228 g/mol. The van der Waals surface area contributed by atoms with Gasteiger partial charge in [-0.15, -0.1) is 0 Å². The van der Waals surface area contributed by atoms with E-state index in [-0.39, 0.29) is 6.04 Å². The maximum atomic E-state index is 12.9. The number of nitrogens with zero attached hydrogens (tertiary/aromatic N) is 1. The third-order valence-electron chi connectivity index (χ3n) is 1.91. The summed E-state index contributed by atoms with van der Waals surface area (Å²) in [5.41, 5.74) is 0.396. The molecule has 1 aliphatic heterocycles. The number of amidine groups is 1. The third kappa shape index (κ3) is 2.68. The molecule has 1 N–H and O–H groups in total. The molecule has 1 aromatic rings. The molecule has 0 fully saturated rings. The van der Waals surface area contributed by atoms with E-state index in [2.05, 4.69) is 10.3 Å². The van der Waals surface area contributed by atoms with E-state index in [0.29, 0.717) is 10.9 Å². The van der Waals surface area contributed by atoms with Crippen LogP contribution in [0, 0.1) is 11.6 Å². The fraction of sp³-hybridized carbons (Fsp3) is 0.300. The molecule has 1 heterocycles. The molecule has 2 nitrogen and oxygen atoms in total. The summed E-state index contributed by atoms with van der Waals surface area (Å²) in [5.74, 6) is -0.275. The molecular weight excluding hydrogens is 218 g/mol. The van der Waals surface area contributed by atoms with Gasteiger partial charge in [-0.25, -0.2) is 8.78 Å². The summed E-state index contributed by atoms with van der Waals surface area (Å²) in [6.45, 7) is 1.99. The second-order valence-electron chi connectivity index (χ2n) is 3.38. The van der Waals surface area contributed by atoms with Crippen molar-refractivity contribution in [2.24, 2.45) is 4.99 Å². The van der Waals surface area contributed by atoms with Gasteiger partial charge in [0.25, 0.3) is 0 Å². The first-order valence-corrected chi connectivity index (χ1v) is 5.56. The van der Waals surface area contributed by atoms with Crippen LogP contribution in [0.3, 0.4) is 0 Å². The van der Waals surface area contributed by atoms with Crippen molar-refractivity contribution in [3.8, 4) is 0 Å². The summed E-state index contributed by atoms with van der Waals surface area (Å²) < 4.78 is 25.7. The smallest absolute Gasteiger partial charge is 0.161 e. The van der Waals surface area contributed by atoms with Crippen LogP contribution in [0.5, 0.6) is 0 Å². The van der Waals surface area contributed by atoms with Crippen molar-refractivity contribution in [2.45, 2.75) is 13.0 Å². The van der Waals surface area contributed by atoms with Crippen LogP contribution >= 0.6 is 11.8 Å². The molecule has 5 heteroatoms. The monoisotopic (exact) mass is 228 g/mol. The van der Waals surface area contributed by atoms with Crippen molar-refractivity contribution in [1.82, 2.24) is 0 Å². The van der Waals surface area contributed by atoms with Gasteiger partial charge in [0.15, 0.2) is 5.17 Å². The first-order chi connectivity index (χ1) is 7.13. The van der Waals surface area contributed by atoms with Gasteiger partial charge in [-0.05, 0) is 19.1 Å². The van der Waals surface area contributed by atoms with Gasteiger partial charge in [0.2, 0.25) is 0 Å². The molecule has 1 unspecified atom stereocenters. The van der Waals surface area contributed by atoms with Crippen LogP contribution in [0.1, 0.15) is 6.92 Å². The Hall–Kier alpha value is -1.10. The summed E-state index contributed by atoms with van der Waals surface area (Å²) in [6.07, 6.45) is 0. The predicted molar refractivity (Wildman–Crippen MR) is 59.3 cm³/mol. The van der Waals surface area contributed by atoms with E-state index in [9.17, 15) is 8.78 Å². The lowest BCUT2D eigenvalue weighted by Gasteiger charge is -2.04. The molecule has 2 rings (SSSR count). The van der Waals surface area contributed by atoms with Crippen molar-refractivity contribution < 1.29 is 8.78 Å². The molecule has 1 aromatic carbocycles. The number of thioether (sulfide) groups is 1. The van der Waals surface area contributed by atoms with Crippen LogP contribution < -0.4 is 5.32 Å². The molecule has 0 radical (unpaired) electrons. The van der Waals surface area contributed by atoms with Crippen LogP contribution in [0.15, 0.2) is 23.2 Å². The molecule has 15 heavy (non-hydrogen) atoms. The van der Waals surface area contributed by atoms with Crippen molar-refractivity contribution >= 4 is 22.6 Å². The highest BCUT2D eigenvalue weighted by molar-refractivity contribution is 8.14. The average Bonchev–Trinajstić information content (AvgIpc) is 2.49. The van der Waals surface area contributed by atoms with Gasteiger partial charge >= 0.3 is 0 Å². The fourth-order valence-corrected chi connectivity index (χ4v) is 2.21. The Kier molecular flexibility index (Phi) is 2.90. The van der Waals surface area contributed by atoms with Gasteiger partial charge in [-0.1, -0.05) is 11.8 Å². The minimum absolute atomic E-state index is 0.260. The summed E-state index contributed by atoms with van der Waals surface area (Å²) in [5, 5.41) is 3.60. The highest BCUT2D eigenvalue weighted by atomic mass is 32.2. The lowest BCUT2D eigenvalue weighted by molar-refractivity contribution is 0.584. The topological polar surface area (TPSA) is 24.4 Å². The Morgan fingerprint density at radius 3 is 2.53 bits per heavy atom. The summed E-state index contributed by atoms with van der Waals surface area (Å²) >= 11 is 1.55. The molecule has 0 bridgehead atoms. The number of nitrogens with one attached hydrogen (secondary N) is 1. The SMILES string of the molecule is CC1CSC(Nc2cc(F)cc(F)c2)=N1. The van der Waals surface area contributed by atoms with Crippen molar-refractivity contribution in [1.29, 1.82) is 0 Å². The second kappa shape index (κ2) is 4.18. The number of halogens is 2. The lowest BCUT2D eigenvalue weighted by Crippen LogP contribution is -2.05. The van der Waals surface area contributed by atoms with Gasteiger partial charge in [0.05, 0.1) is 6.04 Å². The Morgan fingerprint density at radius 1 is 1.33 bits per heavy atom. The summed E-state index contributed by atoms with van der Waals surface area (Å²) in [4.78, 5) is 4.27. The van der Waals surface area contributed by atoms with Crippen LogP contribution in [0.25, 0.3) is 0 Å². The van der Waals surface area contributed by atoms with Crippen molar-refractivity contribution in [3.63, 3.8) is 0 Å². The van der Waals surface area contributed by atoms with Crippen LogP contribution in [-0.2, 0) is 0 Å². The van der Waals surface area contributed by atoms with E-state index >= 15 is 0 Å². The van der Waals surface area contributed by atoms with E-state index in [1.807, 2.05) is 6.92 Å². The van der Waals surface area contributed by atoms with Gasteiger partial charge in [0.1, 0.15) is 11.6 Å². The van der Waals surface area contributed by atoms with Crippen molar-refractivity contribution in [3.05, 3.63) is 29.8 Å². The molecule has 1 aliphatic rings. The van der Waals surface area contributed by atoms with Gasteiger partial charge in [-0.2, -0.15) is 0 Å². The zero-order valence-electron chi connectivity index (χ0n) is 8.13. The Morgan fingerprint density at radius 2 is 2.00 bits per heavy atom. The van der Waals surface area contributed by atoms with E-state index < -0.39 is 11.6 Å². The predicted octanol–water partition coefficient (Wildman–Crippen LogP) is 2.87. The van der Waals surface area contributed by atoms with Crippen molar-refractivity contribution in [2.75, 3.05) is 11.1 Å². The Bertz CT molecular complexity index is 386. The standard InChI is InChI=1S/C10H10F2N2S/c1-6-5-15-10(13-6)14-9-3-7(11)2-8(12)4-9/h2-4,6H,5H2,1H3,(H,13,14). The van der Waals surface area contributed by atoms with Gasteiger partial charge < -0.3 is 5.32 Å². The first kappa shape index (κ1) is 10.4. The zero-order chi connectivity index (χ0) is 10.8. The number of hydrogen-bond acceptors (Lipinski definition) is 3. The number of benzene rings is 1. The largest absolute Gasteiger partial charge is 0.335 e. The maximum absolute atomic E-state index is 12.9. The quantitative estimate of drug-likeness (QED) is 0.799. The number of aliphatic imine (C=N–C) groups is 1. The molecule has 1 atom stereocenters. The molecule has 0 saturated carbocycles. The molecule has 0 saturated heterocycles. The second-order valence-corrected chi connectivity index (χ2v) is 4.39. The molecule has 0 spiro atoms. The maximum Gasteiger partial charge on any atom is 0.161 e. The minimum Gasteiger partial charge on any atom is -0.335 e. The zero-order valence-corrected chi connectivity index (χ0v) is 8.94. The highest BCUT2D eigenvalue weighted by Crippen LogP contribution is 2.20. The summed E-state index contributed by atoms with van der Waals surface area (Å²) in [6, 6.07) is 3.60. The number of hydrogen-bond donors (Lipinski definition) is 1. The normalized spacial score (nSPS) is 20.2. The lowest BCUT2D eigenvalue weighted by atomic mass is 10.3. The van der Waals surface area contributed by atoms with E-state index in [0.717, 1.165) is 11.8 Å². The number of anilines is 1. The van der Waals surface area contributed by atoms with Crippen LogP contribution in [0.4, 0.5) is 14.5 Å².